The number of hydrogen-bond donors (Lipinski definition) is 0. The first-order valence-corrected chi connectivity index (χ1v) is 5.45. The van der Waals surface area contributed by atoms with Gasteiger partial charge in [0.1, 0.15) is 0 Å². The van der Waals surface area contributed by atoms with Crippen molar-refractivity contribution in [1.29, 1.82) is 0 Å². The molecule has 0 aromatic rings. The normalized spacial score (nSPS) is 20.3. The molecule has 1 saturated carbocycles. The fraction of sp³-hybridized carbons (Fsp3) is 0.750. The quantitative estimate of drug-likeness (QED) is 0.607. The van der Waals surface area contributed by atoms with Crippen LogP contribution in [-0.2, 0) is 4.79 Å². The van der Waals surface area contributed by atoms with Crippen molar-refractivity contribution in [3.8, 4) is 0 Å². The summed E-state index contributed by atoms with van der Waals surface area (Å²) in [6, 6.07) is 0. The van der Waals surface area contributed by atoms with Gasteiger partial charge in [-0.05, 0) is 38.2 Å². The van der Waals surface area contributed by atoms with Crippen molar-refractivity contribution >= 4 is 5.78 Å². The predicted molar refractivity (Wildman–Crippen MR) is 55.6 cm³/mol. The van der Waals surface area contributed by atoms with Gasteiger partial charge in [-0.3, -0.25) is 4.79 Å². The van der Waals surface area contributed by atoms with Crippen molar-refractivity contribution in [2.24, 2.45) is 5.92 Å². The highest BCUT2D eigenvalue weighted by atomic mass is 16.1. The molecule has 1 aliphatic rings. The summed E-state index contributed by atoms with van der Waals surface area (Å²) in [5.41, 5.74) is 1.38. The summed E-state index contributed by atoms with van der Waals surface area (Å²) < 4.78 is 0. The number of allylic oxidation sites excluding steroid dienone is 2. The molecule has 0 unspecified atom stereocenters. The second-order valence-electron chi connectivity index (χ2n) is 4.02. The van der Waals surface area contributed by atoms with Crippen LogP contribution in [0.4, 0.5) is 0 Å². The average Bonchev–Trinajstić information content (AvgIpc) is 2.15. The van der Waals surface area contributed by atoms with Crippen LogP contribution in [0.5, 0.6) is 0 Å². The molecular weight excluding hydrogens is 160 g/mol. The van der Waals surface area contributed by atoms with E-state index < -0.39 is 0 Å². The average molecular weight is 180 g/mol. The van der Waals surface area contributed by atoms with E-state index in [1.54, 1.807) is 6.92 Å². The molecule has 0 spiro atoms. The minimum atomic E-state index is 0.211. The summed E-state index contributed by atoms with van der Waals surface area (Å²) in [7, 11) is 0. The van der Waals surface area contributed by atoms with E-state index in [0.717, 1.165) is 6.42 Å². The second kappa shape index (κ2) is 5.21. The Balaban J connectivity index is 2.58. The van der Waals surface area contributed by atoms with Crippen LogP contribution in [0.2, 0.25) is 0 Å². The molecule has 1 nitrogen and oxygen atoms in total. The summed E-state index contributed by atoms with van der Waals surface area (Å²) in [6.07, 6.45) is 9.58. The molecule has 0 aromatic carbocycles. The summed E-state index contributed by atoms with van der Waals surface area (Å²) in [6.45, 7) is 3.81. The van der Waals surface area contributed by atoms with E-state index in [9.17, 15) is 4.79 Å². The van der Waals surface area contributed by atoms with Crippen molar-refractivity contribution in [3.63, 3.8) is 0 Å². The Morgan fingerprint density at radius 1 is 1.31 bits per heavy atom. The summed E-state index contributed by atoms with van der Waals surface area (Å²) in [4.78, 5) is 11.0. The third-order valence-electron chi connectivity index (χ3n) is 2.93. The predicted octanol–water partition coefficient (Wildman–Crippen LogP) is 3.49. The van der Waals surface area contributed by atoms with Crippen LogP contribution in [0, 0.1) is 5.92 Å². The van der Waals surface area contributed by atoms with Gasteiger partial charge in [0.25, 0.3) is 0 Å². The molecule has 13 heavy (non-hydrogen) atoms. The van der Waals surface area contributed by atoms with Gasteiger partial charge in [0.15, 0.2) is 5.78 Å². The molecule has 1 aliphatic carbocycles. The molecule has 1 rings (SSSR count). The van der Waals surface area contributed by atoms with Crippen molar-refractivity contribution in [2.75, 3.05) is 0 Å². The zero-order valence-electron chi connectivity index (χ0n) is 8.81. The lowest BCUT2D eigenvalue weighted by atomic mass is 9.82. The zero-order valence-corrected chi connectivity index (χ0v) is 8.81. The molecule has 0 aromatic heterocycles. The first-order chi connectivity index (χ1) is 6.24. The Labute approximate surface area is 81.2 Å². The van der Waals surface area contributed by atoms with E-state index in [2.05, 4.69) is 6.92 Å². The minimum absolute atomic E-state index is 0.211. The summed E-state index contributed by atoms with van der Waals surface area (Å²) >= 11 is 0. The minimum Gasteiger partial charge on any atom is -0.295 e. The van der Waals surface area contributed by atoms with Gasteiger partial charge in [-0.2, -0.15) is 0 Å². The molecule has 0 aliphatic heterocycles. The van der Waals surface area contributed by atoms with Gasteiger partial charge < -0.3 is 0 Å². The third kappa shape index (κ3) is 3.33. The van der Waals surface area contributed by atoms with Gasteiger partial charge >= 0.3 is 0 Å². The van der Waals surface area contributed by atoms with Crippen LogP contribution < -0.4 is 0 Å². The van der Waals surface area contributed by atoms with Gasteiger partial charge in [-0.25, -0.2) is 0 Å². The van der Waals surface area contributed by atoms with E-state index >= 15 is 0 Å². The van der Waals surface area contributed by atoms with Gasteiger partial charge in [-0.1, -0.05) is 31.8 Å². The fourth-order valence-electron chi connectivity index (χ4n) is 2.24. The number of carbonyl (C=O) groups is 1. The standard InChI is InChI=1S/C12H20O/c1-3-11(9-10(2)13)12-7-5-4-6-8-12/h9,12H,3-8H2,1-2H3. The van der Waals surface area contributed by atoms with Crippen LogP contribution >= 0.6 is 0 Å². The molecule has 1 fully saturated rings. The van der Waals surface area contributed by atoms with E-state index in [-0.39, 0.29) is 5.78 Å². The van der Waals surface area contributed by atoms with Gasteiger partial charge in [-0.15, -0.1) is 0 Å². The lowest BCUT2D eigenvalue weighted by Crippen LogP contribution is -2.09. The summed E-state index contributed by atoms with van der Waals surface area (Å²) in [5.74, 6) is 0.921. The van der Waals surface area contributed by atoms with Crippen LogP contribution in [0.25, 0.3) is 0 Å². The topological polar surface area (TPSA) is 17.1 Å². The maximum absolute atomic E-state index is 11.0. The number of carbonyl (C=O) groups excluding carboxylic acids is 1. The van der Waals surface area contributed by atoms with Crippen molar-refractivity contribution in [1.82, 2.24) is 0 Å². The molecule has 0 radical (unpaired) electrons. The third-order valence-corrected chi connectivity index (χ3v) is 2.93. The van der Waals surface area contributed by atoms with Crippen molar-refractivity contribution in [3.05, 3.63) is 11.6 Å². The lowest BCUT2D eigenvalue weighted by molar-refractivity contribution is -0.112. The molecule has 0 heterocycles. The van der Waals surface area contributed by atoms with Gasteiger partial charge in [0.2, 0.25) is 0 Å². The molecular formula is C12H20O. The maximum atomic E-state index is 11.0. The molecule has 0 N–H and O–H groups in total. The highest BCUT2D eigenvalue weighted by Crippen LogP contribution is 2.31. The molecule has 0 amide bonds. The molecule has 0 bridgehead atoms. The Morgan fingerprint density at radius 2 is 1.92 bits per heavy atom. The molecule has 0 saturated heterocycles. The number of ketones is 1. The van der Waals surface area contributed by atoms with E-state index in [1.807, 2.05) is 6.08 Å². The monoisotopic (exact) mass is 180 g/mol. The maximum Gasteiger partial charge on any atom is 0.152 e. The number of rotatable bonds is 3. The van der Waals surface area contributed by atoms with E-state index in [4.69, 9.17) is 0 Å². The Hall–Kier alpha value is -0.590. The largest absolute Gasteiger partial charge is 0.295 e. The first-order valence-electron chi connectivity index (χ1n) is 5.45. The number of hydrogen-bond acceptors (Lipinski definition) is 1. The van der Waals surface area contributed by atoms with Crippen LogP contribution in [0.15, 0.2) is 11.6 Å². The SMILES string of the molecule is CCC(=CC(C)=O)C1CCCCC1. The highest BCUT2D eigenvalue weighted by Gasteiger charge is 2.16. The van der Waals surface area contributed by atoms with Gasteiger partial charge in [0.05, 0.1) is 0 Å². The Bertz CT molecular complexity index is 197. The Morgan fingerprint density at radius 3 is 2.38 bits per heavy atom. The van der Waals surface area contributed by atoms with Crippen molar-refractivity contribution < 1.29 is 4.79 Å². The van der Waals surface area contributed by atoms with Gasteiger partial charge in [0, 0.05) is 0 Å². The van der Waals surface area contributed by atoms with E-state index in [0.29, 0.717) is 5.92 Å². The second-order valence-corrected chi connectivity index (χ2v) is 4.02. The smallest absolute Gasteiger partial charge is 0.152 e. The highest BCUT2D eigenvalue weighted by molar-refractivity contribution is 5.88. The molecule has 74 valence electrons. The van der Waals surface area contributed by atoms with E-state index in [1.165, 1.54) is 37.7 Å². The first kappa shape index (κ1) is 10.5. The Kier molecular flexibility index (Phi) is 4.20. The molecule has 0 atom stereocenters. The molecule has 1 heteroatoms. The lowest BCUT2D eigenvalue weighted by Gasteiger charge is -2.23. The zero-order chi connectivity index (χ0) is 9.68. The van der Waals surface area contributed by atoms with Crippen LogP contribution in [0.3, 0.4) is 0 Å². The van der Waals surface area contributed by atoms with Crippen LogP contribution in [0.1, 0.15) is 52.4 Å². The van der Waals surface area contributed by atoms with Crippen LogP contribution in [-0.4, -0.2) is 5.78 Å². The fourth-order valence-corrected chi connectivity index (χ4v) is 2.24. The van der Waals surface area contributed by atoms with Crippen molar-refractivity contribution in [2.45, 2.75) is 52.4 Å². The summed E-state index contributed by atoms with van der Waals surface area (Å²) in [5, 5.41) is 0.